The molecule has 6 nitrogen and oxygen atoms in total. The molecule has 1 aromatic heterocycles. The fourth-order valence-electron chi connectivity index (χ4n) is 3.01. The van der Waals surface area contributed by atoms with E-state index in [1.165, 1.54) is 11.3 Å². The van der Waals surface area contributed by atoms with Crippen LogP contribution in [-0.2, 0) is 4.79 Å². The average Bonchev–Trinajstić information content (AvgIpc) is 3.14. The molecule has 2 aromatic rings. The van der Waals surface area contributed by atoms with Gasteiger partial charge < -0.3 is 10.2 Å². The quantitative estimate of drug-likeness (QED) is 0.782. The van der Waals surface area contributed by atoms with Crippen LogP contribution in [0.1, 0.15) is 12.0 Å². The Hall–Kier alpha value is -1.86. The van der Waals surface area contributed by atoms with Crippen LogP contribution in [0.15, 0.2) is 12.1 Å². The molecule has 0 radical (unpaired) electrons. The summed E-state index contributed by atoms with van der Waals surface area (Å²) in [6, 6.07) is 3.40. The van der Waals surface area contributed by atoms with Gasteiger partial charge in [-0.2, -0.15) is 0 Å². The van der Waals surface area contributed by atoms with Gasteiger partial charge in [0.05, 0.1) is 21.8 Å². The monoisotopic (exact) mass is 336 g/mol. The largest absolute Gasteiger partial charge is 0.345 e. The Balaban J connectivity index is 1.69. The standard InChI is InChI=1S/C14H13ClN4O2S/c1-7-2-3-8(15)10-9(7)16-13(22-10)19-5-4-14(6-19)11(20)17-12(21)18-14/h2-3H,4-6H2,1H3,(H2,17,18,20,21). The number of halogens is 1. The zero-order valence-electron chi connectivity index (χ0n) is 11.8. The van der Waals surface area contributed by atoms with Gasteiger partial charge in [0.15, 0.2) is 5.13 Å². The molecule has 2 fully saturated rings. The van der Waals surface area contributed by atoms with E-state index in [9.17, 15) is 9.59 Å². The molecule has 0 bridgehead atoms. The van der Waals surface area contributed by atoms with E-state index < -0.39 is 11.6 Å². The fourth-order valence-corrected chi connectivity index (χ4v) is 4.36. The summed E-state index contributed by atoms with van der Waals surface area (Å²) in [4.78, 5) is 30.1. The number of amides is 3. The highest BCUT2D eigenvalue weighted by molar-refractivity contribution is 7.22. The maximum absolute atomic E-state index is 12.0. The van der Waals surface area contributed by atoms with Crippen LogP contribution in [0.2, 0.25) is 5.02 Å². The number of nitrogens with one attached hydrogen (secondary N) is 2. The first-order valence-electron chi connectivity index (χ1n) is 6.93. The Labute approximate surface area is 135 Å². The molecule has 2 N–H and O–H groups in total. The van der Waals surface area contributed by atoms with Gasteiger partial charge in [-0.1, -0.05) is 29.0 Å². The number of carbonyl (C=O) groups excluding carboxylic acids is 2. The minimum absolute atomic E-state index is 0.254. The highest BCUT2D eigenvalue weighted by Crippen LogP contribution is 2.38. The number of fused-ring (bicyclic) bond motifs is 1. The number of nitrogens with zero attached hydrogens (tertiary/aromatic N) is 2. The van der Waals surface area contributed by atoms with E-state index in [0.717, 1.165) is 20.9 Å². The van der Waals surface area contributed by atoms with E-state index in [4.69, 9.17) is 11.6 Å². The van der Waals surface area contributed by atoms with Crippen molar-refractivity contribution in [1.29, 1.82) is 0 Å². The van der Waals surface area contributed by atoms with Gasteiger partial charge in [-0.15, -0.1) is 0 Å². The molecule has 114 valence electrons. The fraction of sp³-hybridized carbons (Fsp3) is 0.357. The zero-order chi connectivity index (χ0) is 15.5. The van der Waals surface area contributed by atoms with Crippen molar-refractivity contribution in [3.05, 3.63) is 22.7 Å². The number of thiazole rings is 1. The summed E-state index contributed by atoms with van der Waals surface area (Å²) < 4.78 is 0.956. The summed E-state index contributed by atoms with van der Waals surface area (Å²) in [5, 5.41) is 6.57. The summed E-state index contributed by atoms with van der Waals surface area (Å²) in [7, 11) is 0. The molecule has 1 unspecified atom stereocenters. The van der Waals surface area contributed by atoms with Crippen LogP contribution in [-0.4, -0.2) is 35.6 Å². The number of aryl methyl sites for hydroxylation is 1. The molecule has 1 atom stereocenters. The van der Waals surface area contributed by atoms with E-state index in [0.29, 0.717) is 24.5 Å². The van der Waals surface area contributed by atoms with Gasteiger partial charge in [-0.25, -0.2) is 9.78 Å². The molecule has 22 heavy (non-hydrogen) atoms. The van der Waals surface area contributed by atoms with Crippen LogP contribution in [0, 0.1) is 6.92 Å². The predicted molar refractivity (Wildman–Crippen MR) is 85.6 cm³/mol. The highest BCUT2D eigenvalue weighted by Gasteiger charge is 2.51. The molecule has 2 saturated heterocycles. The summed E-state index contributed by atoms with van der Waals surface area (Å²) >= 11 is 7.76. The molecule has 8 heteroatoms. The van der Waals surface area contributed by atoms with Gasteiger partial charge in [0.1, 0.15) is 5.54 Å². The van der Waals surface area contributed by atoms with Crippen molar-refractivity contribution in [2.24, 2.45) is 0 Å². The smallest absolute Gasteiger partial charge is 0.322 e. The van der Waals surface area contributed by atoms with Crippen LogP contribution in [0.25, 0.3) is 10.2 Å². The van der Waals surface area contributed by atoms with Gasteiger partial charge in [-0.3, -0.25) is 10.1 Å². The van der Waals surface area contributed by atoms with Crippen molar-refractivity contribution in [3.8, 4) is 0 Å². The SMILES string of the molecule is Cc1ccc(Cl)c2sc(N3CCC4(C3)NC(=O)NC4=O)nc12. The lowest BCUT2D eigenvalue weighted by atomic mass is 10.00. The summed E-state index contributed by atoms with van der Waals surface area (Å²) in [5.74, 6) is -0.254. The lowest BCUT2D eigenvalue weighted by Crippen LogP contribution is -2.49. The van der Waals surface area contributed by atoms with Crippen LogP contribution >= 0.6 is 22.9 Å². The van der Waals surface area contributed by atoms with Crippen molar-refractivity contribution in [2.75, 3.05) is 18.0 Å². The first-order chi connectivity index (χ1) is 10.5. The van der Waals surface area contributed by atoms with Gasteiger partial charge in [0.2, 0.25) is 0 Å². The summed E-state index contributed by atoms with van der Waals surface area (Å²) in [6.07, 6.45) is 0.577. The molecule has 1 spiro atoms. The van der Waals surface area contributed by atoms with Crippen molar-refractivity contribution in [2.45, 2.75) is 18.9 Å². The Kier molecular flexibility index (Phi) is 2.86. The minimum atomic E-state index is -0.826. The molecule has 3 amide bonds. The number of aromatic nitrogens is 1. The second-order valence-corrected chi connectivity index (χ2v) is 7.09. The lowest BCUT2D eigenvalue weighted by Gasteiger charge is -2.20. The molecule has 3 heterocycles. The predicted octanol–water partition coefficient (Wildman–Crippen LogP) is 2.05. The Morgan fingerprint density at radius 1 is 1.41 bits per heavy atom. The number of imide groups is 1. The maximum atomic E-state index is 12.0. The molecule has 2 aliphatic rings. The van der Waals surface area contributed by atoms with Crippen molar-refractivity contribution in [1.82, 2.24) is 15.6 Å². The number of hydrogen-bond acceptors (Lipinski definition) is 5. The van der Waals surface area contributed by atoms with E-state index in [1.54, 1.807) is 0 Å². The van der Waals surface area contributed by atoms with Crippen LogP contribution in [0.4, 0.5) is 9.93 Å². The van der Waals surface area contributed by atoms with E-state index in [-0.39, 0.29) is 5.91 Å². The van der Waals surface area contributed by atoms with E-state index >= 15 is 0 Å². The maximum Gasteiger partial charge on any atom is 0.322 e. The van der Waals surface area contributed by atoms with Crippen molar-refractivity contribution < 1.29 is 9.59 Å². The Morgan fingerprint density at radius 2 is 2.23 bits per heavy atom. The number of anilines is 1. The third kappa shape index (κ3) is 1.89. The molecule has 4 rings (SSSR count). The first-order valence-corrected chi connectivity index (χ1v) is 8.12. The number of benzene rings is 1. The summed E-state index contributed by atoms with van der Waals surface area (Å²) in [6.45, 7) is 3.10. The van der Waals surface area contributed by atoms with Gasteiger partial charge >= 0.3 is 6.03 Å². The average molecular weight is 337 g/mol. The zero-order valence-corrected chi connectivity index (χ0v) is 13.3. The number of urea groups is 1. The number of rotatable bonds is 1. The van der Waals surface area contributed by atoms with E-state index in [1.807, 2.05) is 24.0 Å². The Morgan fingerprint density at radius 3 is 2.91 bits per heavy atom. The van der Waals surface area contributed by atoms with Crippen molar-refractivity contribution >= 4 is 50.2 Å². The second kappa shape index (κ2) is 4.57. The molecular formula is C14H13ClN4O2S. The molecule has 0 saturated carbocycles. The number of carbonyl (C=O) groups is 2. The molecule has 2 aliphatic heterocycles. The second-order valence-electron chi connectivity index (χ2n) is 5.70. The van der Waals surface area contributed by atoms with Crippen LogP contribution in [0.5, 0.6) is 0 Å². The van der Waals surface area contributed by atoms with Gasteiger partial charge in [0, 0.05) is 6.54 Å². The summed E-state index contributed by atoms with van der Waals surface area (Å²) in [5.41, 5.74) is 1.14. The van der Waals surface area contributed by atoms with Gasteiger partial charge in [0.25, 0.3) is 5.91 Å². The topological polar surface area (TPSA) is 74.3 Å². The lowest BCUT2D eigenvalue weighted by molar-refractivity contribution is -0.123. The molecule has 1 aromatic carbocycles. The normalized spacial score (nSPS) is 24.4. The van der Waals surface area contributed by atoms with Crippen molar-refractivity contribution in [3.63, 3.8) is 0 Å². The highest BCUT2D eigenvalue weighted by atomic mass is 35.5. The van der Waals surface area contributed by atoms with Crippen LogP contribution < -0.4 is 15.5 Å². The van der Waals surface area contributed by atoms with Gasteiger partial charge in [-0.05, 0) is 25.0 Å². The molecule has 0 aliphatic carbocycles. The third-order valence-corrected chi connectivity index (χ3v) is 5.82. The first kappa shape index (κ1) is 13.8. The minimum Gasteiger partial charge on any atom is -0.345 e. The Bertz CT molecular complexity index is 782. The third-order valence-electron chi connectivity index (χ3n) is 4.24. The van der Waals surface area contributed by atoms with E-state index in [2.05, 4.69) is 15.6 Å². The van der Waals surface area contributed by atoms with Crippen LogP contribution in [0.3, 0.4) is 0 Å². The molecular weight excluding hydrogens is 324 g/mol. The number of hydrogen-bond donors (Lipinski definition) is 2.